The van der Waals surface area contributed by atoms with Gasteiger partial charge >= 0.3 is 0 Å². The summed E-state index contributed by atoms with van der Waals surface area (Å²) in [6.45, 7) is 2.02. The van der Waals surface area contributed by atoms with Crippen LogP contribution in [0.25, 0.3) is 0 Å². The number of hydrogen-bond acceptors (Lipinski definition) is 3. The van der Waals surface area contributed by atoms with E-state index in [4.69, 9.17) is 11.6 Å². The minimum absolute atomic E-state index is 0.0176. The van der Waals surface area contributed by atoms with Crippen LogP contribution < -0.4 is 5.32 Å². The predicted octanol–water partition coefficient (Wildman–Crippen LogP) is 4.31. The molecule has 4 nitrogen and oxygen atoms in total. The maximum absolute atomic E-state index is 13.2. The second-order valence-electron chi connectivity index (χ2n) is 4.34. The van der Waals surface area contributed by atoms with Crippen LogP contribution in [0.15, 0.2) is 36.4 Å². The lowest BCUT2D eigenvalue weighted by Crippen LogP contribution is -2.04. The van der Waals surface area contributed by atoms with Crippen LogP contribution in [0.5, 0.6) is 0 Å². The monoisotopic (exact) mass is 294 g/mol. The molecule has 0 saturated carbocycles. The second kappa shape index (κ2) is 5.88. The van der Waals surface area contributed by atoms with Crippen LogP contribution in [-0.2, 0) is 6.54 Å². The van der Waals surface area contributed by atoms with E-state index in [0.29, 0.717) is 16.3 Å². The first-order valence-electron chi connectivity index (χ1n) is 5.90. The Morgan fingerprint density at radius 1 is 1.30 bits per heavy atom. The van der Waals surface area contributed by atoms with Crippen molar-refractivity contribution >= 4 is 23.0 Å². The molecule has 0 aliphatic heterocycles. The fourth-order valence-electron chi connectivity index (χ4n) is 1.85. The third kappa shape index (κ3) is 3.24. The average molecular weight is 295 g/mol. The molecular weight excluding hydrogens is 283 g/mol. The van der Waals surface area contributed by atoms with Crippen molar-refractivity contribution in [2.75, 3.05) is 5.32 Å². The molecule has 0 radical (unpaired) electrons. The van der Waals surface area contributed by atoms with Crippen LogP contribution >= 0.6 is 11.6 Å². The van der Waals surface area contributed by atoms with Crippen molar-refractivity contribution in [2.24, 2.45) is 0 Å². The molecule has 0 spiro atoms. The molecule has 0 aromatic heterocycles. The lowest BCUT2D eigenvalue weighted by Gasteiger charge is -2.10. The Hall–Kier alpha value is -2.14. The summed E-state index contributed by atoms with van der Waals surface area (Å²) in [5.74, 6) is -0.362. The summed E-state index contributed by atoms with van der Waals surface area (Å²) in [6.07, 6.45) is 0. The normalized spacial score (nSPS) is 10.3. The van der Waals surface area contributed by atoms with E-state index >= 15 is 0 Å². The molecule has 0 amide bonds. The summed E-state index contributed by atoms with van der Waals surface area (Å²) < 4.78 is 13.2. The van der Waals surface area contributed by atoms with Gasteiger partial charge in [0.25, 0.3) is 5.69 Å². The number of anilines is 1. The molecule has 0 aliphatic rings. The van der Waals surface area contributed by atoms with E-state index in [2.05, 4.69) is 5.32 Å². The molecular formula is C14H12ClFN2O2. The Balaban J connectivity index is 2.24. The van der Waals surface area contributed by atoms with Gasteiger partial charge in [-0.25, -0.2) is 4.39 Å². The Morgan fingerprint density at radius 2 is 2.05 bits per heavy atom. The van der Waals surface area contributed by atoms with E-state index in [1.54, 1.807) is 6.07 Å². The molecule has 1 N–H and O–H groups in total. The van der Waals surface area contributed by atoms with Crippen LogP contribution in [-0.4, -0.2) is 4.92 Å². The van der Waals surface area contributed by atoms with Crippen LogP contribution in [0.2, 0.25) is 5.02 Å². The van der Waals surface area contributed by atoms with E-state index in [9.17, 15) is 14.5 Å². The van der Waals surface area contributed by atoms with Crippen LogP contribution in [0.4, 0.5) is 15.8 Å². The lowest BCUT2D eigenvalue weighted by molar-refractivity contribution is -0.385. The highest BCUT2D eigenvalue weighted by molar-refractivity contribution is 6.30. The van der Waals surface area contributed by atoms with Crippen molar-refractivity contribution in [1.29, 1.82) is 0 Å². The topological polar surface area (TPSA) is 55.2 Å². The summed E-state index contributed by atoms with van der Waals surface area (Å²) in [5.41, 5.74) is 1.89. The molecule has 0 saturated heterocycles. The first-order valence-corrected chi connectivity index (χ1v) is 6.28. The van der Waals surface area contributed by atoms with Gasteiger partial charge in [-0.2, -0.15) is 0 Å². The molecule has 20 heavy (non-hydrogen) atoms. The molecule has 0 aliphatic carbocycles. The van der Waals surface area contributed by atoms with Gasteiger partial charge in [0.15, 0.2) is 0 Å². The standard InChI is InChI=1S/C14H12ClFN2O2/c1-9-2-4-12(16)7-13(9)17-8-10-6-11(15)3-5-14(10)18(19)20/h2-7,17H,8H2,1H3. The molecule has 0 unspecified atom stereocenters. The summed E-state index contributed by atoms with van der Waals surface area (Å²) >= 11 is 5.85. The number of nitro groups is 1. The fraction of sp³-hybridized carbons (Fsp3) is 0.143. The number of nitrogens with zero attached hydrogens (tertiary/aromatic N) is 1. The minimum atomic E-state index is -0.466. The predicted molar refractivity (Wildman–Crippen MR) is 76.6 cm³/mol. The van der Waals surface area contributed by atoms with Crippen molar-refractivity contribution in [3.63, 3.8) is 0 Å². The maximum Gasteiger partial charge on any atom is 0.274 e. The zero-order valence-electron chi connectivity index (χ0n) is 10.7. The molecule has 0 atom stereocenters. The zero-order chi connectivity index (χ0) is 14.7. The van der Waals surface area contributed by atoms with Crippen LogP contribution in [0, 0.1) is 22.9 Å². The molecule has 0 bridgehead atoms. The van der Waals surface area contributed by atoms with Gasteiger partial charge in [0, 0.05) is 23.3 Å². The number of nitrogens with one attached hydrogen (secondary N) is 1. The van der Waals surface area contributed by atoms with E-state index in [1.807, 2.05) is 6.92 Å². The van der Waals surface area contributed by atoms with E-state index in [1.165, 1.54) is 30.3 Å². The number of rotatable bonds is 4. The van der Waals surface area contributed by atoms with Gasteiger partial charge < -0.3 is 5.32 Å². The second-order valence-corrected chi connectivity index (χ2v) is 4.78. The minimum Gasteiger partial charge on any atom is -0.380 e. The molecule has 0 heterocycles. The van der Waals surface area contributed by atoms with Crippen molar-refractivity contribution in [1.82, 2.24) is 0 Å². The van der Waals surface area contributed by atoms with Gasteiger partial charge in [0.1, 0.15) is 5.82 Å². The quantitative estimate of drug-likeness (QED) is 0.675. The average Bonchev–Trinajstić information content (AvgIpc) is 2.39. The number of benzene rings is 2. The van der Waals surface area contributed by atoms with Gasteiger partial charge in [-0.05, 0) is 36.8 Å². The molecule has 2 aromatic carbocycles. The number of hydrogen-bond donors (Lipinski definition) is 1. The van der Waals surface area contributed by atoms with Gasteiger partial charge in [0.2, 0.25) is 0 Å². The molecule has 104 valence electrons. The Bertz CT molecular complexity index is 662. The Labute approximate surface area is 120 Å². The third-order valence-electron chi connectivity index (χ3n) is 2.91. The van der Waals surface area contributed by atoms with Crippen molar-refractivity contribution in [3.8, 4) is 0 Å². The van der Waals surface area contributed by atoms with Gasteiger partial charge in [-0.1, -0.05) is 17.7 Å². The van der Waals surface area contributed by atoms with E-state index in [0.717, 1.165) is 5.56 Å². The van der Waals surface area contributed by atoms with E-state index < -0.39 is 4.92 Å². The molecule has 0 fully saturated rings. The molecule has 6 heteroatoms. The smallest absolute Gasteiger partial charge is 0.274 e. The lowest BCUT2D eigenvalue weighted by atomic mass is 10.1. The van der Waals surface area contributed by atoms with Gasteiger partial charge in [-0.15, -0.1) is 0 Å². The Kier molecular flexibility index (Phi) is 4.20. The summed E-state index contributed by atoms with van der Waals surface area (Å²) in [6, 6.07) is 8.72. The fourth-order valence-corrected chi connectivity index (χ4v) is 2.04. The van der Waals surface area contributed by atoms with Crippen LogP contribution in [0.3, 0.4) is 0 Å². The zero-order valence-corrected chi connectivity index (χ0v) is 11.4. The number of aryl methyl sites for hydroxylation is 1. The maximum atomic E-state index is 13.2. The highest BCUT2D eigenvalue weighted by atomic mass is 35.5. The highest BCUT2D eigenvalue weighted by Crippen LogP contribution is 2.24. The Morgan fingerprint density at radius 3 is 2.75 bits per heavy atom. The van der Waals surface area contributed by atoms with Gasteiger partial charge in [0.05, 0.1) is 10.5 Å². The van der Waals surface area contributed by atoms with Crippen LogP contribution in [0.1, 0.15) is 11.1 Å². The largest absolute Gasteiger partial charge is 0.380 e. The first-order chi connectivity index (χ1) is 9.47. The summed E-state index contributed by atoms with van der Waals surface area (Å²) in [5, 5.41) is 14.3. The van der Waals surface area contributed by atoms with Gasteiger partial charge in [-0.3, -0.25) is 10.1 Å². The summed E-state index contributed by atoms with van der Waals surface area (Å²) in [7, 11) is 0. The number of nitro benzene ring substituents is 1. The highest BCUT2D eigenvalue weighted by Gasteiger charge is 2.14. The summed E-state index contributed by atoms with van der Waals surface area (Å²) in [4.78, 5) is 10.5. The van der Waals surface area contributed by atoms with Crippen molar-refractivity contribution in [2.45, 2.75) is 13.5 Å². The number of halogens is 2. The van der Waals surface area contributed by atoms with Crippen molar-refractivity contribution < 1.29 is 9.31 Å². The molecule has 2 rings (SSSR count). The van der Waals surface area contributed by atoms with E-state index in [-0.39, 0.29) is 18.0 Å². The van der Waals surface area contributed by atoms with Crippen molar-refractivity contribution in [3.05, 3.63) is 68.5 Å². The molecule has 2 aromatic rings. The SMILES string of the molecule is Cc1ccc(F)cc1NCc1cc(Cl)ccc1[N+](=O)[O-]. The first kappa shape index (κ1) is 14.3. The third-order valence-corrected chi connectivity index (χ3v) is 3.14.